The zero-order valence-electron chi connectivity index (χ0n) is 8.91. The molecule has 0 aliphatic heterocycles. The molecule has 0 saturated heterocycles. The quantitative estimate of drug-likeness (QED) is 0.678. The number of aliphatic hydroxyl groups excluding tert-OH is 1. The highest BCUT2D eigenvalue weighted by molar-refractivity contribution is 5.01. The van der Waals surface area contributed by atoms with E-state index in [2.05, 4.69) is 5.32 Å². The molecule has 0 amide bonds. The van der Waals surface area contributed by atoms with E-state index in [1.54, 1.807) is 0 Å². The van der Waals surface area contributed by atoms with Gasteiger partial charge in [-0.05, 0) is 37.0 Å². The van der Waals surface area contributed by atoms with Crippen molar-refractivity contribution in [2.75, 3.05) is 13.2 Å². The Kier molecular flexibility index (Phi) is 2.10. The highest BCUT2D eigenvalue weighted by Crippen LogP contribution is 2.54. The fourth-order valence-corrected chi connectivity index (χ4v) is 4.80. The molecule has 4 fully saturated rings. The number of nitrogens with two attached hydrogens (primary N) is 1. The third kappa shape index (κ3) is 1.40. The van der Waals surface area contributed by atoms with E-state index in [9.17, 15) is 0 Å². The Morgan fingerprint density at radius 3 is 1.93 bits per heavy atom. The molecule has 4 saturated carbocycles. The van der Waals surface area contributed by atoms with Crippen LogP contribution < -0.4 is 5.32 Å². The molecule has 0 unspecified atom stereocenters. The summed E-state index contributed by atoms with van der Waals surface area (Å²) in [5.74, 6) is 3.11. The molecule has 0 aromatic rings. The van der Waals surface area contributed by atoms with Gasteiger partial charge in [0.05, 0.1) is 18.7 Å². The van der Waals surface area contributed by atoms with Crippen LogP contribution in [0.2, 0.25) is 0 Å². The first-order valence-corrected chi connectivity index (χ1v) is 6.25. The van der Waals surface area contributed by atoms with E-state index in [0.717, 1.165) is 24.3 Å². The van der Waals surface area contributed by atoms with Gasteiger partial charge in [0.2, 0.25) is 0 Å². The summed E-state index contributed by atoms with van der Waals surface area (Å²) in [6, 6.07) is 0. The molecule has 3 N–H and O–H groups in total. The van der Waals surface area contributed by atoms with Crippen LogP contribution in [0.5, 0.6) is 0 Å². The van der Waals surface area contributed by atoms with Crippen LogP contribution >= 0.6 is 0 Å². The van der Waals surface area contributed by atoms with Crippen molar-refractivity contribution in [3.63, 3.8) is 0 Å². The average Bonchev–Trinajstić information content (AvgIpc) is 2.12. The Balaban J connectivity index is 1.74. The van der Waals surface area contributed by atoms with Gasteiger partial charge in [0.15, 0.2) is 0 Å². The molecule has 0 spiro atoms. The summed E-state index contributed by atoms with van der Waals surface area (Å²) < 4.78 is 0. The standard InChI is InChI=1S/C12H21NO/c14-2-1-13-12-6-9-3-10(7-12)5-11(4-9)8-12/h9-11,13-14H,1-8H2/p+1. The third-order valence-electron chi connectivity index (χ3n) is 4.79. The lowest BCUT2D eigenvalue weighted by Gasteiger charge is -2.54. The van der Waals surface area contributed by atoms with Crippen LogP contribution in [-0.4, -0.2) is 23.8 Å². The van der Waals surface area contributed by atoms with Crippen molar-refractivity contribution in [2.45, 2.75) is 44.1 Å². The van der Waals surface area contributed by atoms with E-state index in [0.29, 0.717) is 12.1 Å². The smallest absolute Gasteiger partial charge is 0.0994 e. The lowest BCUT2D eigenvalue weighted by Crippen LogP contribution is -2.99. The summed E-state index contributed by atoms with van der Waals surface area (Å²) in [6.07, 6.45) is 8.89. The first-order chi connectivity index (χ1) is 6.80. The molecule has 14 heavy (non-hydrogen) atoms. The molecule has 80 valence electrons. The Morgan fingerprint density at radius 1 is 1.00 bits per heavy atom. The summed E-state index contributed by atoms with van der Waals surface area (Å²) in [5, 5.41) is 11.4. The van der Waals surface area contributed by atoms with Crippen LogP contribution in [0, 0.1) is 17.8 Å². The topological polar surface area (TPSA) is 36.8 Å². The van der Waals surface area contributed by atoms with Crippen molar-refractivity contribution in [3.05, 3.63) is 0 Å². The summed E-state index contributed by atoms with van der Waals surface area (Å²) in [4.78, 5) is 0. The lowest BCUT2D eigenvalue weighted by molar-refractivity contribution is -0.739. The summed E-state index contributed by atoms with van der Waals surface area (Å²) in [5.41, 5.74) is 0.567. The molecule has 0 heterocycles. The molecular weight excluding hydrogens is 174 g/mol. The normalized spacial score (nSPS) is 49.9. The Labute approximate surface area is 86.1 Å². The van der Waals surface area contributed by atoms with Crippen molar-refractivity contribution in [3.8, 4) is 0 Å². The Hall–Kier alpha value is -0.0800. The predicted molar refractivity (Wildman–Crippen MR) is 54.8 cm³/mol. The number of hydrogen-bond acceptors (Lipinski definition) is 1. The Bertz CT molecular complexity index is 191. The molecule has 4 bridgehead atoms. The molecule has 2 heteroatoms. The number of rotatable bonds is 3. The second-order valence-corrected chi connectivity index (χ2v) is 6.00. The summed E-state index contributed by atoms with van der Waals surface area (Å²) >= 11 is 0. The Morgan fingerprint density at radius 2 is 1.50 bits per heavy atom. The SMILES string of the molecule is OCC[NH2+]C12CC3CC(CC(C3)C1)C2. The van der Waals surface area contributed by atoms with Crippen molar-refractivity contribution in [1.82, 2.24) is 0 Å². The van der Waals surface area contributed by atoms with Gasteiger partial charge in [0, 0.05) is 19.3 Å². The van der Waals surface area contributed by atoms with Crippen molar-refractivity contribution < 1.29 is 10.4 Å². The van der Waals surface area contributed by atoms with Crippen LogP contribution in [-0.2, 0) is 0 Å². The number of hydrogen-bond donors (Lipinski definition) is 2. The second-order valence-electron chi connectivity index (χ2n) is 6.00. The molecule has 0 radical (unpaired) electrons. The second kappa shape index (κ2) is 3.21. The van der Waals surface area contributed by atoms with Gasteiger partial charge in [-0.25, -0.2) is 0 Å². The zero-order chi connectivity index (χ0) is 9.60. The molecule has 2 nitrogen and oxygen atoms in total. The van der Waals surface area contributed by atoms with E-state index in [-0.39, 0.29) is 0 Å². The van der Waals surface area contributed by atoms with E-state index >= 15 is 0 Å². The largest absolute Gasteiger partial charge is 0.391 e. The highest BCUT2D eigenvalue weighted by Gasteiger charge is 2.53. The summed E-state index contributed by atoms with van der Waals surface area (Å²) in [7, 11) is 0. The van der Waals surface area contributed by atoms with Crippen LogP contribution in [0.15, 0.2) is 0 Å². The molecule has 0 aromatic carbocycles. The average molecular weight is 196 g/mol. The van der Waals surface area contributed by atoms with Gasteiger partial charge < -0.3 is 10.4 Å². The van der Waals surface area contributed by atoms with Crippen molar-refractivity contribution in [2.24, 2.45) is 17.8 Å². The number of aliphatic hydroxyl groups is 1. The third-order valence-corrected chi connectivity index (χ3v) is 4.79. The predicted octanol–water partition coefficient (Wildman–Crippen LogP) is 0.511. The van der Waals surface area contributed by atoms with Gasteiger partial charge >= 0.3 is 0 Å². The van der Waals surface area contributed by atoms with Crippen LogP contribution in [0.1, 0.15) is 38.5 Å². The molecule has 0 atom stereocenters. The van der Waals surface area contributed by atoms with E-state index in [1.807, 2.05) is 0 Å². The summed E-state index contributed by atoms with van der Waals surface area (Å²) in [6.45, 7) is 1.27. The molecular formula is C12H22NO+. The number of quaternary nitrogens is 1. The fraction of sp³-hybridized carbons (Fsp3) is 1.00. The maximum absolute atomic E-state index is 8.94. The van der Waals surface area contributed by atoms with Gasteiger partial charge in [-0.15, -0.1) is 0 Å². The van der Waals surface area contributed by atoms with Gasteiger partial charge in [0.1, 0.15) is 0 Å². The van der Waals surface area contributed by atoms with Gasteiger partial charge in [-0.2, -0.15) is 0 Å². The lowest BCUT2D eigenvalue weighted by atomic mass is 9.53. The molecule has 4 aliphatic carbocycles. The van der Waals surface area contributed by atoms with E-state index in [4.69, 9.17) is 5.11 Å². The van der Waals surface area contributed by atoms with E-state index in [1.165, 1.54) is 38.5 Å². The van der Waals surface area contributed by atoms with Crippen molar-refractivity contribution in [1.29, 1.82) is 0 Å². The minimum absolute atomic E-state index is 0.349. The first kappa shape index (κ1) is 9.17. The van der Waals surface area contributed by atoms with Gasteiger partial charge in [-0.1, -0.05) is 0 Å². The zero-order valence-corrected chi connectivity index (χ0v) is 8.91. The molecule has 0 aromatic heterocycles. The molecule has 4 rings (SSSR count). The highest BCUT2D eigenvalue weighted by atomic mass is 16.3. The van der Waals surface area contributed by atoms with Crippen molar-refractivity contribution >= 4 is 0 Å². The minimum Gasteiger partial charge on any atom is -0.391 e. The van der Waals surface area contributed by atoms with Crippen LogP contribution in [0.3, 0.4) is 0 Å². The van der Waals surface area contributed by atoms with Crippen LogP contribution in [0.4, 0.5) is 0 Å². The van der Waals surface area contributed by atoms with E-state index < -0.39 is 0 Å². The molecule has 4 aliphatic rings. The van der Waals surface area contributed by atoms with Gasteiger partial charge in [-0.3, -0.25) is 0 Å². The monoisotopic (exact) mass is 196 g/mol. The first-order valence-electron chi connectivity index (χ1n) is 6.25. The maximum Gasteiger partial charge on any atom is 0.0994 e. The van der Waals surface area contributed by atoms with Crippen LogP contribution in [0.25, 0.3) is 0 Å². The van der Waals surface area contributed by atoms with Gasteiger partial charge in [0.25, 0.3) is 0 Å². The minimum atomic E-state index is 0.349. The maximum atomic E-state index is 8.94. The fourth-order valence-electron chi connectivity index (χ4n) is 4.80.